The van der Waals surface area contributed by atoms with E-state index in [1.165, 1.54) is 0 Å². The van der Waals surface area contributed by atoms with Gasteiger partial charge in [0, 0.05) is 46.8 Å². The van der Waals surface area contributed by atoms with E-state index in [-0.39, 0.29) is 6.10 Å². The van der Waals surface area contributed by atoms with E-state index in [9.17, 15) is 0 Å². The zero-order valence-electron chi connectivity index (χ0n) is 13.5. The van der Waals surface area contributed by atoms with Crippen LogP contribution in [0, 0.1) is 0 Å². The number of methoxy groups -OCH3 is 2. The van der Waals surface area contributed by atoms with E-state index in [2.05, 4.69) is 25.6 Å². The highest BCUT2D eigenvalue weighted by atomic mass is 32.1. The van der Waals surface area contributed by atoms with Crippen molar-refractivity contribution in [3.8, 4) is 0 Å². The van der Waals surface area contributed by atoms with Crippen LogP contribution in [-0.2, 0) is 16.0 Å². The molecule has 7 heteroatoms. The number of guanidine groups is 1. The molecule has 6 nitrogen and oxygen atoms in total. The van der Waals surface area contributed by atoms with Crippen LogP contribution in [0.3, 0.4) is 0 Å². The molecule has 0 saturated heterocycles. The van der Waals surface area contributed by atoms with Gasteiger partial charge < -0.3 is 19.7 Å². The number of nitrogens with zero attached hydrogens (tertiary/aromatic N) is 3. The van der Waals surface area contributed by atoms with Gasteiger partial charge in [-0.05, 0) is 13.3 Å². The molecule has 0 spiro atoms. The molecule has 0 amide bonds. The molecule has 0 aliphatic rings. The molecule has 0 aliphatic heterocycles. The van der Waals surface area contributed by atoms with Crippen LogP contribution in [0.15, 0.2) is 10.4 Å². The van der Waals surface area contributed by atoms with Gasteiger partial charge in [-0.3, -0.25) is 4.99 Å². The van der Waals surface area contributed by atoms with Crippen molar-refractivity contribution in [2.75, 3.05) is 41.5 Å². The molecule has 0 saturated carbocycles. The lowest BCUT2D eigenvalue weighted by atomic mass is 10.4. The molecular formula is C14H26N4O2S. The Hall–Kier alpha value is -1.18. The lowest BCUT2D eigenvalue weighted by Crippen LogP contribution is -2.39. The van der Waals surface area contributed by atoms with Crippen LogP contribution in [0.4, 0.5) is 0 Å². The van der Waals surface area contributed by atoms with Gasteiger partial charge in [-0.1, -0.05) is 0 Å². The SMILES string of the molecule is CN=C(NCCCOC)N(C)Cc1csc(C(C)OC)n1. The summed E-state index contributed by atoms with van der Waals surface area (Å²) in [7, 11) is 7.20. The third-order valence-corrected chi connectivity index (χ3v) is 4.11. The van der Waals surface area contributed by atoms with Gasteiger partial charge in [0.1, 0.15) is 11.1 Å². The summed E-state index contributed by atoms with van der Waals surface area (Å²) in [5.74, 6) is 0.862. The van der Waals surface area contributed by atoms with Crippen LogP contribution in [0.5, 0.6) is 0 Å². The van der Waals surface area contributed by atoms with Gasteiger partial charge in [0.05, 0.1) is 12.2 Å². The Morgan fingerprint density at radius 2 is 2.29 bits per heavy atom. The number of hydrogen-bond donors (Lipinski definition) is 1. The maximum absolute atomic E-state index is 5.29. The molecule has 1 rings (SSSR count). The van der Waals surface area contributed by atoms with Gasteiger partial charge in [-0.15, -0.1) is 11.3 Å². The summed E-state index contributed by atoms with van der Waals surface area (Å²) >= 11 is 1.63. The van der Waals surface area contributed by atoms with Crippen LogP contribution in [0.2, 0.25) is 0 Å². The maximum Gasteiger partial charge on any atom is 0.193 e. The third kappa shape index (κ3) is 5.99. The fourth-order valence-corrected chi connectivity index (χ4v) is 2.64. The molecule has 1 N–H and O–H groups in total. The highest BCUT2D eigenvalue weighted by Crippen LogP contribution is 2.20. The monoisotopic (exact) mass is 314 g/mol. The Bertz CT molecular complexity index is 436. The molecule has 0 fully saturated rings. The van der Waals surface area contributed by atoms with Crippen molar-refractivity contribution in [2.24, 2.45) is 4.99 Å². The first-order valence-corrected chi connectivity index (χ1v) is 7.88. The van der Waals surface area contributed by atoms with Crippen LogP contribution < -0.4 is 5.32 Å². The molecule has 1 unspecified atom stereocenters. The van der Waals surface area contributed by atoms with Gasteiger partial charge in [0.2, 0.25) is 0 Å². The largest absolute Gasteiger partial charge is 0.385 e. The number of thiazole rings is 1. The number of ether oxygens (including phenoxy) is 2. The molecular weight excluding hydrogens is 288 g/mol. The normalized spacial score (nSPS) is 13.3. The Morgan fingerprint density at radius 1 is 1.52 bits per heavy atom. The standard InChI is InChI=1S/C14H26N4O2S/c1-11(20-5)13-17-12(10-21-13)9-18(3)14(15-2)16-7-6-8-19-4/h10-11H,6-9H2,1-5H3,(H,15,16). The molecule has 0 aromatic carbocycles. The van der Waals surface area contributed by atoms with Gasteiger partial charge in [-0.2, -0.15) is 0 Å². The van der Waals surface area contributed by atoms with E-state index >= 15 is 0 Å². The molecule has 1 aromatic heterocycles. The molecule has 120 valence electrons. The summed E-state index contributed by atoms with van der Waals surface area (Å²) in [6, 6.07) is 0. The summed E-state index contributed by atoms with van der Waals surface area (Å²) in [6.07, 6.45) is 0.996. The van der Waals surface area contributed by atoms with Crippen LogP contribution >= 0.6 is 11.3 Å². The average molecular weight is 314 g/mol. The fraction of sp³-hybridized carbons (Fsp3) is 0.714. The molecule has 1 aromatic rings. The Morgan fingerprint density at radius 3 is 2.90 bits per heavy atom. The second-order valence-electron chi connectivity index (χ2n) is 4.73. The van der Waals surface area contributed by atoms with E-state index in [0.717, 1.165) is 42.8 Å². The minimum atomic E-state index is 0.0422. The maximum atomic E-state index is 5.29. The van der Waals surface area contributed by atoms with E-state index in [1.54, 1.807) is 32.6 Å². The minimum Gasteiger partial charge on any atom is -0.385 e. The van der Waals surface area contributed by atoms with E-state index in [0.29, 0.717) is 0 Å². The number of aliphatic imine (C=N–C) groups is 1. The summed E-state index contributed by atoms with van der Waals surface area (Å²) in [6.45, 7) is 4.31. The molecule has 0 aliphatic carbocycles. The van der Waals surface area contributed by atoms with Gasteiger partial charge in [0.15, 0.2) is 5.96 Å². The van der Waals surface area contributed by atoms with E-state index in [4.69, 9.17) is 9.47 Å². The van der Waals surface area contributed by atoms with Gasteiger partial charge in [0.25, 0.3) is 0 Å². The molecule has 1 heterocycles. The zero-order chi connectivity index (χ0) is 15.7. The summed E-state index contributed by atoms with van der Waals surface area (Å²) in [5, 5.41) is 6.38. The van der Waals surface area contributed by atoms with Crippen LogP contribution in [0.1, 0.15) is 30.2 Å². The Kier molecular flexibility index (Phi) is 8.26. The van der Waals surface area contributed by atoms with Crippen molar-refractivity contribution < 1.29 is 9.47 Å². The first-order chi connectivity index (χ1) is 10.1. The van der Waals surface area contributed by atoms with Crippen molar-refractivity contribution in [1.82, 2.24) is 15.2 Å². The zero-order valence-corrected chi connectivity index (χ0v) is 14.4. The molecule has 1 atom stereocenters. The highest BCUT2D eigenvalue weighted by molar-refractivity contribution is 7.09. The molecule has 0 radical (unpaired) electrons. The lowest BCUT2D eigenvalue weighted by Gasteiger charge is -2.21. The lowest BCUT2D eigenvalue weighted by molar-refractivity contribution is 0.119. The third-order valence-electron chi connectivity index (χ3n) is 3.05. The summed E-state index contributed by atoms with van der Waals surface area (Å²) in [4.78, 5) is 10.9. The number of hydrogen-bond acceptors (Lipinski definition) is 5. The van der Waals surface area contributed by atoms with Crippen molar-refractivity contribution >= 4 is 17.3 Å². The average Bonchev–Trinajstić information content (AvgIpc) is 2.95. The summed E-state index contributed by atoms with van der Waals surface area (Å²) in [5.41, 5.74) is 1.03. The quantitative estimate of drug-likeness (QED) is 0.451. The number of rotatable bonds is 8. The van der Waals surface area contributed by atoms with E-state index < -0.39 is 0 Å². The summed E-state index contributed by atoms with van der Waals surface area (Å²) < 4.78 is 10.3. The van der Waals surface area contributed by atoms with Crippen molar-refractivity contribution in [2.45, 2.75) is 26.0 Å². The van der Waals surface area contributed by atoms with Gasteiger partial charge in [-0.25, -0.2) is 4.98 Å². The van der Waals surface area contributed by atoms with Crippen molar-refractivity contribution in [1.29, 1.82) is 0 Å². The topological polar surface area (TPSA) is 59.0 Å². The van der Waals surface area contributed by atoms with Crippen molar-refractivity contribution in [3.05, 3.63) is 16.1 Å². The number of aromatic nitrogens is 1. The first kappa shape index (κ1) is 17.9. The highest BCUT2D eigenvalue weighted by Gasteiger charge is 2.12. The fourth-order valence-electron chi connectivity index (χ4n) is 1.80. The smallest absolute Gasteiger partial charge is 0.193 e. The van der Waals surface area contributed by atoms with E-state index in [1.807, 2.05) is 14.0 Å². The minimum absolute atomic E-state index is 0.0422. The number of nitrogens with one attached hydrogen (secondary N) is 1. The first-order valence-electron chi connectivity index (χ1n) is 7.00. The Labute approximate surface area is 131 Å². The van der Waals surface area contributed by atoms with Crippen LogP contribution in [0.25, 0.3) is 0 Å². The second-order valence-corrected chi connectivity index (χ2v) is 5.62. The second kappa shape index (κ2) is 9.70. The van der Waals surface area contributed by atoms with Crippen LogP contribution in [-0.4, -0.2) is 57.3 Å². The van der Waals surface area contributed by atoms with Crippen molar-refractivity contribution in [3.63, 3.8) is 0 Å². The Balaban J connectivity index is 2.50. The predicted molar refractivity (Wildman–Crippen MR) is 86.9 cm³/mol. The molecule has 0 bridgehead atoms. The molecule has 21 heavy (non-hydrogen) atoms. The van der Waals surface area contributed by atoms with Gasteiger partial charge >= 0.3 is 0 Å². The predicted octanol–water partition coefficient (Wildman–Crippen LogP) is 1.89.